The molecule has 2 fully saturated rings. The molecule has 1 aromatic rings. The lowest BCUT2D eigenvalue weighted by Crippen LogP contribution is -2.65. The molecule has 0 aliphatic carbocycles. The van der Waals surface area contributed by atoms with Gasteiger partial charge in [0.1, 0.15) is 30.0 Å². The minimum atomic E-state index is -1.91. The first-order valence-electron chi connectivity index (χ1n) is 15.5. The Hall–Kier alpha value is -3.05. The van der Waals surface area contributed by atoms with E-state index in [9.17, 15) is 24.0 Å². The first-order valence-corrected chi connectivity index (χ1v) is 18.4. The van der Waals surface area contributed by atoms with Crippen LogP contribution in [0.25, 0.3) is 0 Å². The Morgan fingerprint density at radius 1 is 1.02 bits per heavy atom. The molecule has 2 aliphatic heterocycles. The average Bonchev–Trinajstić information content (AvgIpc) is 3.44. The zero-order chi connectivity index (χ0) is 32.0. The first-order chi connectivity index (χ1) is 20.1. The van der Waals surface area contributed by atoms with Crippen LogP contribution in [-0.4, -0.2) is 73.3 Å². The van der Waals surface area contributed by atoms with Crippen LogP contribution in [0.1, 0.15) is 84.3 Å². The summed E-state index contributed by atoms with van der Waals surface area (Å²) < 4.78 is 6.35. The van der Waals surface area contributed by atoms with Gasteiger partial charge in [0.2, 0.25) is 23.6 Å². The van der Waals surface area contributed by atoms with E-state index in [1.54, 1.807) is 13.8 Å². The lowest BCUT2D eigenvalue weighted by Gasteiger charge is -2.36. The molecule has 0 saturated carbocycles. The summed E-state index contributed by atoms with van der Waals surface area (Å²) >= 11 is 0. The fourth-order valence-corrected chi connectivity index (χ4v) is 6.08. The van der Waals surface area contributed by atoms with Gasteiger partial charge in [0.15, 0.2) is 8.32 Å². The third-order valence-electron chi connectivity index (χ3n) is 9.37. The van der Waals surface area contributed by atoms with Crippen molar-refractivity contribution in [2.24, 2.45) is 0 Å². The molecule has 3 rings (SSSR count). The number of nitrogens with zero attached hydrogens (tertiary/aromatic N) is 1. The molecule has 2 saturated heterocycles. The summed E-state index contributed by atoms with van der Waals surface area (Å²) in [7, 11) is -1.91. The fourth-order valence-electron chi connectivity index (χ4n) is 5.12. The molecule has 10 nitrogen and oxygen atoms in total. The summed E-state index contributed by atoms with van der Waals surface area (Å²) in [5.41, 5.74) is 0.583. The lowest BCUT2D eigenvalue weighted by molar-refractivity contribution is -0.144. The Bertz CT molecular complexity index is 1180. The summed E-state index contributed by atoms with van der Waals surface area (Å²) in [4.78, 5) is 66.8. The van der Waals surface area contributed by atoms with Crippen LogP contribution in [0, 0.1) is 0 Å². The minimum Gasteiger partial charge on any atom is -0.413 e. The van der Waals surface area contributed by atoms with Crippen LogP contribution in [0.3, 0.4) is 0 Å². The van der Waals surface area contributed by atoms with Gasteiger partial charge in [-0.2, -0.15) is 0 Å². The van der Waals surface area contributed by atoms with Crippen LogP contribution in [0.4, 0.5) is 0 Å². The van der Waals surface area contributed by atoms with Crippen molar-refractivity contribution < 1.29 is 28.4 Å². The van der Waals surface area contributed by atoms with E-state index in [-0.39, 0.29) is 36.6 Å². The quantitative estimate of drug-likeness (QED) is 0.210. The van der Waals surface area contributed by atoms with E-state index in [0.717, 1.165) is 17.4 Å². The fraction of sp³-hybridized carbons (Fsp3) is 0.656. The standard InChI is InChI=1S/C32H50N4O6Si/c1-8-32(5)30(41)34-25(20-22-14-16-23(17-15-22)21-42-43(6,7)31(2,3)4)29(40)36-18-11-13-26(36)28(39)33-24(27(38)35-32)12-9-10-19-37/h14-17,19,24-26H,8-13,18,20-21H2,1-7H3,(H,33,39)(H,34,41)(H,35,38)/t24-,25-,26+,32-/m0/s1. The number of unbranched alkanes of at least 4 members (excludes halogenated alkanes) is 1. The highest BCUT2D eigenvalue weighted by molar-refractivity contribution is 6.74. The lowest BCUT2D eigenvalue weighted by atomic mass is 9.94. The maximum Gasteiger partial charge on any atom is 0.246 e. The molecule has 0 spiro atoms. The maximum atomic E-state index is 14.0. The molecule has 0 bridgehead atoms. The maximum absolute atomic E-state index is 14.0. The number of carbonyl (C=O) groups excluding carboxylic acids is 5. The monoisotopic (exact) mass is 614 g/mol. The Morgan fingerprint density at radius 3 is 2.28 bits per heavy atom. The molecule has 0 aromatic heterocycles. The van der Waals surface area contributed by atoms with E-state index in [1.807, 2.05) is 24.3 Å². The third-order valence-corrected chi connectivity index (χ3v) is 13.8. The van der Waals surface area contributed by atoms with E-state index in [0.29, 0.717) is 32.4 Å². The normalized spacial score (nSPS) is 25.7. The molecule has 0 unspecified atom stereocenters. The van der Waals surface area contributed by atoms with Crippen molar-refractivity contribution in [3.8, 4) is 0 Å². The number of hydrogen-bond donors (Lipinski definition) is 3. The van der Waals surface area contributed by atoms with Gasteiger partial charge < -0.3 is 30.1 Å². The zero-order valence-electron chi connectivity index (χ0n) is 26.9. The molecule has 2 aliphatic rings. The number of fused-ring (bicyclic) bond motifs is 1. The second-order valence-corrected chi connectivity index (χ2v) is 18.4. The summed E-state index contributed by atoms with van der Waals surface area (Å²) in [5.74, 6) is -1.66. The van der Waals surface area contributed by atoms with Gasteiger partial charge in [0.05, 0.1) is 6.61 Å². The molecular weight excluding hydrogens is 564 g/mol. The molecule has 43 heavy (non-hydrogen) atoms. The number of carbonyl (C=O) groups is 5. The van der Waals surface area contributed by atoms with E-state index >= 15 is 0 Å². The summed E-state index contributed by atoms with van der Waals surface area (Å²) in [6.07, 6.45) is 3.30. The number of amides is 4. The highest BCUT2D eigenvalue weighted by Crippen LogP contribution is 2.37. The summed E-state index contributed by atoms with van der Waals surface area (Å²) in [6, 6.07) is 5.28. The molecule has 4 amide bonds. The van der Waals surface area contributed by atoms with Crippen molar-refractivity contribution in [1.29, 1.82) is 0 Å². The predicted octanol–water partition coefficient (Wildman–Crippen LogP) is 3.38. The number of aldehydes is 1. The molecule has 4 atom stereocenters. The second kappa shape index (κ2) is 14.2. The van der Waals surface area contributed by atoms with Crippen molar-refractivity contribution in [2.45, 2.75) is 128 Å². The molecule has 2 heterocycles. The number of hydrogen-bond acceptors (Lipinski definition) is 6. The third kappa shape index (κ3) is 8.53. The van der Waals surface area contributed by atoms with Gasteiger partial charge in [-0.25, -0.2) is 0 Å². The van der Waals surface area contributed by atoms with Gasteiger partial charge in [0.25, 0.3) is 0 Å². The highest BCUT2D eigenvalue weighted by Gasteiger charge is 2.43. The smallest absolute Gasteiger partial charge is 0.246 e. The Morgan fingerprint density at radius 2 is 1.67 bits per heavy atom. The minimum absolute atomic E-state index is 0.104. The number of rotatable bonds is 10. The zero-order valence-corrected chi connectivity index (χ0v) is 27.9. The van der Waals surface area contributed by atoms with Crippen LogP contribution < -0.4 is 16.0 Å². The van der Waals surface area contributed by atoms with Gasteiger partial charge in [0, 0.05) is 19.4 Å². The largest absolute Gasteiger partial charge is 0.413 e. The van der Waals surface area contributed by atoms with Gasteiger partial charge >= 0.3 is 0 Å². The van der Waals surface area contributed by atoms with Gasteiger partial charge in [-0.3, -0.25) is 19.2 Å². The molecule has 3 N–H and O–H groups in total. The predicted molar refractivity (Wildman–Crippen MR) is 167 cm³/mol. The van der Waals surface area contributed by atoms with Crippen molar-refractivity contribution in [3.05, 3.63) is 35.4 Å². The molecular formula is C32H50N4O6Si. The molecule has 1 aromatic carbocycles. The second-order valence-electron chi connectivity index (χ2n) is 13.6. The van der Waals surface area contributed by atoms with Crippen molar-refractivity contribution in [3.63, 3.8) is 0 Å². The average molecular weight is 615 g/mol. The molecule has 238 valence electrons. The van der Waals surface area contributed by atoms with Crippen molar-refractivity contribution >= 4 is 38.2 Å². The van der Waals surface area contributed by atoms with Gasteiger partial charge in [-0.15, -0.1) is 0 Å². The van der Waals surface area contributed by atoms with Gasteiger partial charge in [-0.1, -0.05) is 52.0 Å². The van der Waals surface area contributed by atoms with E-state index in [2.05, 4.69) is 49.8 Å². The Balaban J connectivity index is 1.86. The van der Waals surface area contributed by atoms with E-state index in [1.165, 1.54) is 4.90 Å². The highest BCUT2D eigenvalue weighted by atomic mass is 28.4. The van der Waals surface area contributed by atoms with Crippen LogP contribution >= 0.6 is 0 Å². The van der Waals surface area contributed by atoms with Crippen LogP contribution in [0.2, 0.25) is 18.1 Å². The molecule has 11 heteroatoms. The van der Waals surface area contributed by atoms with Crippen molar-refractivity contribution in [1.82, 2.24) is 20.9 Å². The topological polar surface area (TPSA) is 134 Å². The Labute approximate surface area is 257 Å². The van der Waals surface area contributed by atoms with Crippen LogP contribution in [-0.2, 0) is 41.4 Å². The van der Waals surface area contributed by atoms with Gasteiger partial charge in [-0.05, 0) is 68.3 Å². The van der Waals surface area contributed by atoms with Crippen LogP contribution in [0.15, 0.2) is 24.3 Å². The van der Waals surface area contributed by atoms with Crippen molar-refractivity contribution in [2.75, 3.05) is 6.54 Å². The molecule has 0 radical (unpaired) electrons. The van der Waals surface area contributed by atoms with Crippen LogP contribution in [0.5, 0.6) is 0 Å². The first kappa shape index (κ1) is 34.4. The Kier molecular flexibility index (Phi) is 11.3. The summed E-state index contributed by atoms with van der Waals surface area (Å²) in [6.45, 7) is 15.3. The van der Waals surface area contributed by atoms with E-state index < -0.39 is 49.7 Å². The summed E-state index contributed by atoms with van der Waals surface area (Å²) in [5, 5.41) is 8.66. The number of benzene rings is 1. The SMILES string of the molecule is CC[C@]1(C)NC(=O)[C@H](CCCC=O)NC(=O)[C@H]2CCCN2C(=O)[C@H](Cc2ccc(CO[Si](C)(C)C(C)(C)C)cc2)NC1=O. The van der Waals surface area contributed by atoms with E-state index in [4.69, 9.17) is 4.43 Å². The number of nitrogens with one attached hydrogen (secondary N) is 3.